The van der Waals surface area contributed by atoms with Gasteiger partial charge < -0.3 is 14.4 Å². The Labute approximate surface area is 103 Å². The average Bonchev–Trinajstić information content (AvgIpc) is 2.28. The predicted octanol–water partition coefficient (Wildman–Crippen LogP) is 1.07. The van der Waals surface area contributed by atoms with Crippen molar-refractivity contribution in [2.75, 3.05) is 33.9 Å². The van der Waals surface area contributed by atoms with Crippen molar-refractivity contribution in [2.24, 2.45) is 5.92 Å². The molecule has 0 amide bonds. The number of carbonyl (C=O) groups is 2. The SMILES string of the molecule is CCOC(=O)C(C)CN(C)CCCC(=O)OC. The van der Waals surface area contributed by atoms with E-state index in [2.05, 4.69) is 4.74 Å². The number of hydrogen-bond acceptors (Lipinski definition) is 5. The highest BCUT2D eigenvalue weighted by molar-refractivity contribution is 5.72. The Balaban J connectivity index is 3.74. The van der Waals surface area contributed by atoms with Gasteiger partial charge in [-0.05, 0) is 26.9 Å². The first kappa shape index (κ1) is 15.9. The third-order valence-electron chi connectivity index (χ3n) is 2.42. The third-order valence-corrected chi connectivity index (χ3v) is 2.42. The minimum Gasteiger partial charge on any atom is -0.469 e. The van der Waals surface area contributed by atoms with Crippen LogP contribution in [0.5, 0.6) is 0 Å². The lowest BCUT2D eigenvalue weighted by atomic mass is 10.1. The van der Waals surface area contributed by atoms with Crippen LogP contribution in [-0.2, 0) is 19.1 Å². The summed E-state index contributed by atoms with van der Waals surface area (Å²) in [5, 5.41) is 0. The van der Waals surface area contributed by atoms with Crippen molar-refractivity contribution < 1.29 is 19.1 Å². The zero-order valence-electron chi connectivity index (χ0n) is 11.2. The highest BCUT2D eigenvalue weighted by Crippen LogP contribution is 2.03. The number of rotatable bonds is 8. The van der Waals surface area contributed by atoms with Gasteiger partial charge in [-0.25, -0.2) is 0 Å². The second-order valence-electron chi connectivity index (χ2n) is 4.10. The molecule has 0 rings (SSSR count). The van der Waals surface area contributed by atoms with E-state index in [1.807, 2.05) is 18.9 Å². The van der Waals surface area contributed by atoms with Crippen molar-refractivity contribution in [3.63, 3.8) is 0 Å². The van der Waals surface area contributed by atoms with Gasteiger partial charge in [-0.1, -0.05) is 6.92 Å². The molecule has 0 radical (unpaired) electrons. The Morgan fingerprint density at radius 1 is 1.35 bits per heavy atom. The molecule has 0 fully saturated rings. The van der Waals surface area contributed by atoms with E-state index >= 15 is 0 Å². The third kappa shape index (κ3) is 7.74. The van der Waals surface area contributed by atoms with Crippen LogP contribution in [0.15, 0.2) is 0 Å². The van der Waals surface area contributed by atoms with Gasteiger partial charge in [0.15, 0.2) is 0 Å². The van der Waals surface area contributed by atoms with Gasteiger partial charge >= 0.3 is 11.9 Å². The average molecular weight is 245 g/mol. The molecule has 0 aliphatic heterocycles. The Morgan fingerprint density at radius 3 is 2.53 bits per heavy atom. The molecule has 0 saturated heterocycles. The van der Waals surface area contributed by atoms with E-state index in [9.17, 15) is 9.59 Å². The molecule has 0 aliphatic carbocycles. The smallest absolute Gasteiger partial charge is 0.309 e. The summed E-state index contributed by atoms with van der Waals surface area (Å²) >= 11 is 0. The van der Waals surface area contributed by atoms with Crippen LogP contribution in [0.4, 0.5) is 0 Å². The predicted molar refractivity (Wildman–Crippen MR) is 64.5 cm³/mol. The van der Waals surface area contributed by atoms with Crippen LogP contribution in [-0.4, -0.2) is 50.7 Å². The summed E-state index contributed by atoms with van der Waals surface area (Å²) in [6.45, 7) is 5.45. The molecule has 0 spiro atoms. The standard InChI is InChI=1S/C12H23NO4/c1-5-17-12(15)10(2)9-13(3)8-6-7-11(14)16-4/h10H,5-9H2,1-4H3. The lowest BCUT2D eigenvalue weighted by molar-refractivity contribution is -0.148. The summed E-state index contributed by atoms with van der Waals surface area (Å²) in [6, 6.07) is 0. The van der Waals surface area contributed by atoms with E-state index in [0.717, 1.165) is 13.0 Å². The zero-order valence-corrected chi connectivity index (χ0v) is 11.2. The van der Waals surface area contributed by atoms with E-state index in [1.165, 1.54) is 7.11 Å². The molecule has 1 atom stereocenters. The van der Waals surface area contributed by atoms with Gasteiger partial charge in [0.05, 0.1) is 19.6 Å². The fraction of sp³-hybridized carbons (Fsp3) is 0.833. The van der Waals surface area contributed by atoms with Crippen molar-refractivity contribution in [3.8, 4) is 0 Å². The molecule has 0 aromatic rings. The molecule has 100 valence electrons. The van der Waals surface area contributed by atoms with Crippen molar-refractivity contribution in [2.45, 2.75) is 26.7 Å². The van der Waals surface area contributed by atoms with Crippen molar-refractivity contribution in [3.05, 3.63) is 0 Å². The van der Waals surface area contributed by atoms with Gasteiger partial charge in [-0.15, -0.1) is 0 Å². The number of ether oxygens (including phenoxy) is 2. The number of carbonyl (C=O) groups excluding carboxylic acids is 2. The molecule has 0 aliphatic rings. The van der Waals surface area contributed by atoms with Crippen LogP contribution in [0.1, 0.15) is 26.7 Å². The monoisotopic (exact) mass is 245 g/mol. The molecule has 0 aromatic heterocycles. The van der Waals surface area contributed by atoms with E-state index in [4.69, 9.17) is 4.74 Å². The van der Waals surface area contributed by atoms with Crippen molar-refractivity contribution in [1.29, 1.82) is 0 Å². The van der Waals surface area contributed by atoms with Crippen LogP contribution in [0.25, 0.3) is 0 Å². The van der Waals surface area contributed by atoms with Crippen molar-refractivity contribution >= 4 is 11.9 Å². The Bertz CT molecular complexity index is 243. The van der Waals surface area contributed by atoms with Crippen LogP contribution in [0.2, 0.25) is 0 Å². The summed E-state index contributed by atoms with van der Waals surface area (Å²) in [5.74, 6) is -0.512. The normalized spacial score (nSPS) is 12.3. The summed E-state index contributed by atoms with van der Waals surface area (Å²) in [4.78, 5) is 24.3. The van der Waals surface area contributed by atoms with Gasteiger partial charge in [-0.3, -0.25) is 9.59 Å². The largest absolute Gasteiger partial charge is 0.469 e. The minimum atomic E-state index is -0.197. The molecule has 0 saturated carbocycles. The van der Waals surface area contributed by atoms with Crippen molar-refractivity contribution in [1.82, 2.24) is 4.90 Å². The number of nitrogens with zero attached hydrogens (tertiary/aromatic N) is 1. The van der Waals surface area contributed by atoms with Crippen LogP contribution in [0, 0.1) is 5.92 Å². The Kier molecular flexibility index (Phi) is 8.40. The van der Waals surface area contributed by atoms with Gasteiger partial charge in [-0.2, -0.15) is 0 Å². The highest BCUT2D eigenvalue weighted by Gasteiger charge is 2.15. The number of esters is 2. The Morgan fingerprint density at radius 2 is 2.00 bits per heavy atom. The minimum absolute atomic E-state index is 0.141. The number of hydrogen-bond donors (Lipinski definition) is 0. The number of methoxy groups -OCH3 is 1. The molecular formula is C12H23NO4. The molecule has 0 heterocycles. The highest BCUT2D eigenvalue weighted by atomic mass is 16.5. The topological polar surface area (TPSA) is 55.8 Å². The zero-order chi connectivity index (χ0) is 13.3. The second kappa shape index (κ2) is 8.98. The molecule has 0 N–H and O–H groups in total. The lowest BCUT2D eigenvalue weighted by Gasteiger charge is -2.19. The van der Waals surface area contributed by atoms with E-state index in [-0.39, 0.29) is 17.9 Å². The Hall–Kier alpha value is -1.10. The molecule has 5 heteroatoms. The quantitative estimate of drug-likeness (QED) is 0.599. The van der Waals surface area contributed by atoms with Crippen LogP contribution < -0.4 is 0 Å². The maximum Gasteiger partial charge on any atom is 0.309 e. The van der Waals surface area contributed by atoms with E-state index in [1.54, 1.807) is 6.92 Å². The fourth-order valence-corrected chi connectivity index (χ4v) is 1.51. The van der Waals surface area contributed by atoms with Gasteiger partial charge in [0, 0.05) is 13.0 Å². The summed E-state index contributed by atoms with van der Waals surface area (Å²) < 4.78 is 9.48. The molecule has 1 unspecified atom stereocenters. The lowest BCUT2D eigenvalue weighted by Crippen LogP contribution is -2.30. The van der Waals surface area contributed by atoms with E-state index < -0.39 is 0 Å². The summed E-state index contributed by atoms with van der Waals surface area (Å²) in [7, 11) is 3.31. The fourth-order valence-electron chi connectivity index (χ4n) is 1.51. The maximum absolute atomic E-state index is 11.4. The van der Waals surface area contributed by atoms with Gasteiger partial charge in [0.1, 0.15) is 0 Å². The van der Waals surface area contributed by atoms with E-state index in [0.29, 0.717) is 19.6 Å². The van der Waals surface area contributed by atoms with Crippen LogP contribution >= 0.6 is 0 Å². The summed E-state index contributed by atoms with van der Waals surface area (Å²) in [6.07, 6.45) is 1.15. The maximum atomic E-state index is 11.4. The first-order valence-electron chi connectivity index (χ1n) is 5.93. The molecular weight excluding hydrogens is 222 g/mol. The second-order valence-corrected chi connectivity index (χ2v) is 4.10. The molecule has 0 aromatic carbocycles. The summed E-state index contributed by atoms with van der Waals surface area (Å²) in [5.41, 5.74) is 0. The molecule has 0 bridgehead atoms. The van der Waals surface area contributed by atoms with Gasteiger partial charge in [0.2, 0.25) is 0 Å². The van der Waals surface area contributed by atoms with Crippen LogP contribution in [0.3, 0.4) is 0 Å². The first-order valence-corrected chi connectivity index (χ1v) is 5.93. The first-order chi connectivity index (χ1) is 8.01. The molecule has 5 nitrogen and oxygen atoms in total. The molecule has 17 heavy (non-hydrogen) atoms. The van der Waals surface area contributed by atoms with Gasteiger partial charge in [0.25, 0.3) is 0 Å².